The molecule has 0 aromatic heterocycles. The molecule has 0 aromatic carbocycles. The predicted molar refractivity (Wildman–Crippen MR) is 202 cm³/mol. The molecule has 0 spiro atoms. The van der Waals surface area contributed by atoms with E-state index < -0.39 is 0 Å². The Morgan fingerprint density at radius 3 is 0.717 bits per heavy atom. The number of carbonyl (C=O) groups excluding carboxylic acids is 2. The molecular weight excluding hydrogens is 568 g/mol. The molecule has 276 valence electrons. The van der Waals surface area contributed by atoms with Gasteiger partial charge in [0.1, 0.15) is 0 Å². The average Bonchev–Trinajstić information content (AvgIpc) is 3.06. The van der Waals surface area contributed by atoms with Crippen molar-refractivity contribution in [3.63, 3.8) is 0 Å². The van der Waals surface area contributed by atoms with Crippen molar-refractivity contribution in [3.05, 3.63) is 0 Å². The van der Waals surface area contributed by atoms with Crippen molar-refractivity contribution >= 4 is 11.9 Å². The summed E-state index contributed by atoms with van der Waals surface area (Å²) < 4.78 is 10.6. The van der Waals surface area contributed by atoms with Crippen LogP contribution in [0.15, 0.2) is 0 Å². The average molecular weight is 653 g/mol. The summed E-state index contributed by atoms with van der Waals surface area (Å²) in [6, 6.07) is 0. The summed E-state index contributed by atoms with van der Waals surface area (Å²) in [7, 11) is 0. The minimum atomic E-state index is 0.0107. The van der Waals surface area contributed by atoms with Gasteiger partial charge in [0.05, 0.1) is 13.2 Å². The number of hydrogen-bond acceptors (Lipinski definition) is 4. The zero-order chi connectivity index (χ0) is 34.0. The highest BCUT2D eigenvalue weighted by atomic mass is 16.5. The van der Waals surface area contributed by atoms with Gasteiger partial charge in [-0.25, -0.2) is 0 Å². The molecule has 46 heavy (non-hydrogen) atoms. The number of unbranched alkanes of at least 4 members (excludes halogenated alkanes) is 28. The second kappa shape index (κ2) is 43.9. The van der Waals surface area contributed by atoms with Crippen LogP contribution in [0.3, 0.4) is 0 Å². The van der Waals surface area contributed by atoms with E-state index in [-0.39, 0.29) is 11.9 Å². The first-order valence-electron chi connectivity index (χ1n) is 20.9. The Morgan fingerprint density at radius 2 is 0.478 bits per heavy atom. The maximum absolute atomic E-state index is 11.6. The molecule has 0 saturated carbocycles. The summed E-state index contributed by atoms with van der Waals surface area (Å²) in [6.07, 6.45) is 42.2. The van der Waals surface area contributed by atoms with Crippen molar-refractivity contribution in [1.29, 1.82) is 0 Å². The fourth-order valence-electron chi connectivity index (χ4n) is 5.79. The smallest absolute Gasteiger partial charge is 0.305 e. The van der Waals surface area contributed by atoms with E-state index in [0.717, 1.165) is 25.7 Å². The van der Waals surface area contributed by atoms with E-state index in [0.29, 0.717) is 26.1 Å². The van der Waals surface area contributed by atoms with Crippen molar-refractivity contribution < 1.29 is 19.1 Å². The van der Waals surface area contributed by atoms with Crippen LogP contribution >= 0.6 is 0 Å². The summed E-state index contributed by atoms with van der Waals surface area (Å²) in [4.78, 5) is 23.2. The lowest BCUT2D eigenvalue weighted by Crippen LogP contribution is -2.05. The lowest BCUT2D eigenvalue weighted by atomic mass is 10.1. The van der Waals surface area contributed by atoms with Gasteiger partial charge in [-0.2, -0.15) is 0 Å². The molecule has 0 heterocycles. The lowest BCUT2D eigenvalue weighted by molar-refractivity contribution is -0.144. The second-order valence-corrected chi connectivity index (χ2v) is 13.8. The Bertz CT molecular complexity index is 576. The van der Waals surface area contributed by atoms with Gasteiger partial charge in [-0.3, -0.25) is 9.59 Å². The van der Waals surface area contributed by atoms with Crippen LogP contribution < -0.4 is 0 Å². The summed E-state index contributed by atoms with van der Waals surface area (Å²) in [5.41, 5.74) is 0. The number of hydrogen-bond donors (Lipinski definition) is 0. The van der Waals surface area contributed by atoms with Crippen molar-refractivity contribution in [3.8, 4) is 0 Å². The molecule has 0 fully saturated rings. The molecule has 0 aromatic rings. The van der Waals surface area contributed by atoms with E-state index in [9.17, 15) is 9.59 Å². The highest BCUT2D eigenvalue weighted by Crippen LogP contribution is 2.13. The largest absolute Gasteiger partial charge is 0.466 e. The molecule has 0 N–H and O–H groups in total. The van der Waals surface area contributed by atoms with Gasteiger partial charge in [0.2, 0.25) is 0 Å². The van der Waals surface area contributed by atoms with Crippen LogP contribution in [0.5, 0.6) is 0 Å². The summed E-state index contributed by atoms with van der Waals surface area (Å²) in [5, 5.41) is 0. The summed E-state index contributed by atoms with van der Waals surface area (Å²) >= 11 is 0. The van der Waals surface area contributed by atoms with Crippen LogP contribution in [0.1, 0.15) is 246 Å². The van der Waals surface area contributed by atoms with E-state index in [2.05, 4.69) is 27.7 Å². The minimum Gasteiger partial charge on any atom is -0.466 e. The third-order valence-electron chi connectivity index (χ3n) is 8.99. The van der Waals surface area contributed by atoms with Crippen molar-refractivity contribution in [2.75, 3.05) is 13.2 Å². The lowest BCUT2D eigenvalue weighted by Gasteiger charge is -2.05. The molecule has 0 bridgehead atoms. The summed E-state index contributed by atoms with van der Waals surface area (Å²) in [6.45, 7) is 10.3. The zero-order valence-corrected chi connectivity index (χ0v) is 32.1. The number of ether oxygens (including phenoxy) is 2. The quantitative estimate of drug-likeness (QED) is 0.0499. The molecule has 0 aliphatic rings. The Balaban J connectivity index is 0. The van der Waals surface area contributed by atoms with Crippen molar-refractivity contribution in [1.82, 2.24) is 0 Å². The normalized spacial score (nSPS) is 10.9. The minimum absolute atomic E-state index is 0.0107. The molecule has 0 rings (SSSR count). The molecule has 0 unspecified atom stereocenters. The van der Waals surface area contributed by atoms with Crippen LogP contribution in [0, 0.1) is 0 Å². The van der Waals surface area contributed by atoms with E-state index in [1.807, 2.05) is 0 Å². The van der Waals surface area contributed by atoms with Gasteiger partial charge in [0, 0.05) is 12.8 Å². The van der Waals surface area contributed by atoms with Gasteiger partial charge in [0.15, 0.2) is 0 Å². The van der Waals surface area contributed by atoms with Gasteiger partial charge >= 0.3 is 11.9 Å². The van der Waals surface area contributed by atoms with Crippen LogP contribution in [0.2, 0.25) is 0 Å². The summed E-state index contributed by atoms with van der Waals surface area (Å²) in [5.74, 6) is 0.0250. The molecular formula is C42H84O4. The predicted octanol–water partition coefficient (Wildman–Crippen LogP) is 14.4. The van der Waals surface area contributed by atoms with Gasteiger partial charge < -0.3 is 9.47 Å². The number of esters is 2. The number of rotatable bonds is 36. The van der Waals surface area contributed by atoms with Gasteiger partial charge in [-0.1, -0.05) is 207 Å². The monoisotopic (exact) mass is 653 g/mol. The third-order valence-corrected chi connectivity index (χ3v) is 8.99. The molecule has 0 radical (unpaired) electrons. The number of carbonyl (C=O) groups is 2. The molecule has 0 aliphatic heterocycles. The van der Waals surface area contributed by atoms with E-state index in [1.165, 1.54) is 180 Å². The van der Waals surface area contributed by atoms with Crippen molar-refractivity contribution in [2.24, 2.45) is 0 Å². The standard InChI is InChI=1S/C22H44O2.C20H40O2/c1-3-5-7-9-11-13-15-17-19-21-24-22(23)20-18-16-14-12-10-8-6-4-2;1-3-5-7-9-11-13-15-17-19-22-20(21)18-16-14-12-10-8-6-4-2/h3-21H2,1-2H3;3-19H2,1-2H3. The van der Waals surface area contributed by atoms with Gasteiger partial charge in [0.25, 0.3) is 0 Å². The zero-order valence-electron chi connectivity index (χ0n) is 32.1. The Kier molecular flexibility index (Phi) is 45.0. The van der Waals surface area contributed by atoms with Crippen LogP contribution in [0.4, 0.5) is 0 Å². The van der Waals surface area contributed by atoms with Crippen LogP contribution in [-0.4, -0.2) is 25.2 Å². The Hall–Kier alpha value is -1.06. The van der Waals surface area contributed by atoms with Crippen molar-refractivity contribution in [2.45, 2.75) is 246 Å². The van der Waals surface area contributed by atoms with E-state index >= 15 is 0 Å². The fourth-order valence-corrected chi connectivity index (χ4v) is 5.79. The fraction of sp³-hybridized carbons (Fsp3) is 0.952. The molecule has 0 amide bonds. The Labute approximate surface area is 289 Å². The molecule has 0 saturated heterocycles. The maximum Gasteiger partial charge on any atom is 0.305 e. The topological polar surface area (TPSA) is 52.6 Å². The first-order valence-corrected chi connectivity index (χ1v) is 20.9. The van der Waals surface area contributed by atoms with Gasteiger partial charge in [-0.05, 0) is 25.7 Å². The van der Waals surface area contributed by atoms with E-state index in [4.69, 9.17) is 9.47 Å². The second-order valence-electron chi connectivity index (χ2n) is 13.8. The van der Waals surface area contributed by atoms with Gasteiger partial charge in [-0.15, -0.1) is 0 Å². The van der Waals surface area contributed by atoms with E-state index in [1.54, 1.807) is 0 Å². The maximum atomic E-state index is 11.6. The SMILES string of the molecule is CCCCCCCCCCCOC(=O)CCCCCCCCCC.CCCCCCCCCCOC(=O)CCCCCCCCC. The molecule has 0 aliphatic carbocycles. The molecule has 4 heteroatoms. The van der Waals surface area contributed by atoms with Crippen LogP contribution in [0.25, 0.3) is 0 Å². The third kappa shape index (κ3) is 45.1. The highest BCUT2D eigenvalue weighted by molar-refractivity contribution is 5.69. The Morgan fingerprint density at radius 1 is 0.283 bits per heavy atom. The molecule has 4 nitrogen and oxygen atoms in total. The molecule has 0 atom stereocenters. The first kappa shape index (κ1) is 47.1. The van der Waals surface area contributed by atoms with Crippen LogP contribution in [-0.2, 0) is 19.1 Å². The first-order chi connectivity index (χ1) is 22.6. The highest BCUT2D eigenvalue weighted by Gasteiger charge is 2.04.